The van der Waals surface area contributed by atoms with Gasteiger partial charge in [0.25, 0.3) is 5.91 Å². The Morgan fingerprint density at radius 2 is 2.31 bits per heavy atom. The van der Waals surface area contributed by atoms with Gasteiger partial charge in [-0.25, -0.2) is 4.99 Å². The van der Waals surface area contributed by atoms with Crippen LogP contribution in [-0.4, -0.2) is 80.2 Å². The number of guanidine groups is 1. The zero-order valence-corrected chi connectivity index (χ0v) is 17.7. The fourth-order valence-electron chi connectivity index (χ4n) is 3.88. The zero-order chi connectivity index (χ0) is 21.9. The summed E-state index contributed by atoms with van der Waals surface area (Å²) in [7, 11) is 1.58. The van der Waals surface area contributed by atoms with Gasteiger partial charge in [0.1, 0.15) is 24.2 Å². The van der Waals surface area contributed by atoms with Crippen LogP contribution in [0.15, 0.2) is 46.6 Å². The molecule has 1 unspecified atom stereocenters. The molecule has 0 saturated carbocycles. The Labute approximate surface area is 185 Å². The quantitative estimate of drug-likeness (QED) is 0.718. The van der Waals surface area contributed by atoms with Crippen LogP contribution in [0.5, 0.6) is 11.5 Å². The number of fused-ring (bicyclic) bond motifs is 3. The summed E-state index contributed by atoms with van der Waals surface area (Å²) in [5.41, 5.74) is 1.86. The lowest BCUT2D eigenvalue weighted by molar-refractivity contribution is -0.000250. The van der Waals surface area contributed by atoms with Crippen molar-refractivity contribution in [3.8, 4) is 11.5 Å². The Bertz CT molecular complexity index is 1070. The number of pyridine rings is 1. The molecule has 3 aliphatic rings. The highest BCUT2D eigenvalue weighted by molar-refractivity contribution is 6.20. The molecule has 3 aliphatic heterocycles. The molecule has 1 aromatic carbocycles. The highest BCUT2D eigenvalue weighted by atomic mass is 16.5. The third kappa shape index (κ3) is 3.90. The van der Waals surface area contributed by atoms with Crippen molar-refractivity contribution < 1.29 is 19.0 Å². The van der Waals surface area contributed by atoms with Gasteiger partial charge in [0, 0.05) is 37.6 Å². The monoisotopic (exact) mass is 436 g/mol. The number of carbonyl (C=O) groups excluding carboxylic acids is 1. The third-order valence-electron chi connectivity index (χ3n) is 5.43. The Hall–Kier alpha value is -3.50. The Balaban J connectivity index is 1.45. The maximum absolute atomic E-state index is 12.7. The van der Waals surface area contributed by atoms with E-state index in [4.69, 9.17) is 19.2 Å². The van der Waals surface area contributed by atoms with E-state index in [1.807, 2.05) is 17.0 Å². The number of methoxy groups -OCH3 is 1. The van der Waals surface area contributed by atoms with Crippen molar-refractivity contribution in [2.75, 3.05) is 46.5 Å². The maximum atomic E-state index is 12.7. The number of rotatable bonds is 5. The fraction of sp³-hybridized carbons (Fsp3) is 0.364. The number of amidine groups is 1. The number of aromatic nitrogens is 1. The van der Waals surface area contributed by atoms with E-state index < -0.39 is 0 Å². The highest BCUT2D eigenvalue weighted by Crippen LogP contribution is 2.43. The molecule has 0 aliphatic carbocycles. The summed E-state index contributed by atoms with van der Waals surface area (Å²) in [6.07, 6.45) is 3.11. The van der Waals surface area contributed by atoms with Gasteiger partial charge in [-0.05, 0) is 24.3 Å². The first-order valence-electron chi connectivity index (χ1n) is 10.5. The van der Waals surface area contributed by atoms with E-state index in [-0.39, 0.29) is 12.0 Å². The number of aliphatic imine (C=N–C) groups is 2. The normalized spacial score (nSPS) is 19.4. The molecule has 5 rings (SSSR count). The van der Waals surface area contributed by atoms with Crippen molar-refractivity contribution in [2.45, 2.75) is 6.10 Å². The summed E-state index contributed by atoms with van der Waals surface area (Å²) in [6, 6.07) is 7.20. The molecule has 32 heavy (non-hydrogen) atoms. The number of hydrogen-bond donors (Lipinski definition) is 2. The van der Waals surface area contributed by atoms with Gasteiger partial charge in [-0.2, -0.15) is 0 Å². The van der Waals surface area contributed by atoms with Crippen LogP contribution in [0, 0.1) is 0 Å². The van der Waals surface area contributed by atoms with Crippen molar-refractivity contribution >= 4 is 23.4 Å². The van der Waals surface area contributed by atoms with Crippen LogP contribution in [0.4, 0.5) is 5.69 Å². The van der Waals surface area contributed by atoms with Gasteiger partial charge in [0.2, 0.25) is 5.96 Å². The first kappa shape index (κ1) is 20.4. The molecule has 2 aromatic rings. The number of carbonyl (C=O) groups is 1. The predicted octanol–water partition coefficient (Wildman–Crippen LogP) is 0.951. The van der Waals surface area contributed by atoms with Crippen LogP contribution < -0.4 is 20.1 Å². The van der Waals surface area contributed by atoms with Crippen LogP contribution in [-0.2, 0) is 4.74 Å². The van der Waals surface area contributed by atoms with Gasteiger partial charge >= 0.3 is 0 Å². The van der Waals surface area contributed by atoms with Gasteiger partial charge in [0.15, 0.2) is 11.5 Å². The van der Waals surface area contributed by atoms with Crippen molar-refractivity contribution in [1.29, 1.82) is 0 Å². The van der Waals surface area contributed by atoms with E-state index in [2.05, 4.69) is 20.6 Å². The predicted molar refractivity (Wildman–Crippen MR) is 118 cm³/mol. The smallest absolute Gasteiger partial charge is 0.259 e. The number of amides is 1. The van der Waals surface area contributed by atoms with Gasteiger partial charge < -0.3 is 19.5 Å². The molecule has 1 atom stereocenters. The van der Waals surface area contributed by atoms with Crippen LogP contribution in [0.1, 0.15) is 15.9 Å². The molecular formula is C22H24N6O4. The number of hydrogen-bond acceptors (Lipinski definition) is 9. The van der Waals surface area contributed by atoms with E-state index in [0.717, 1.165) is 24.5 Å². The van der Waals surface area contributed by atoms with Crippen molar-refractivity contribution in [1.82, 2.24) is 20.5 Å². The van der Waals surface area contributed by atoms with Gasteiger partial charge in [-0.15, -0.1) is 0 Å². The maximum Gasteiger partial charge on any atom is 0.259 e. The second-order valence-corrected chi connectivity index (χ2v) is 7.49. The molecule has 10 heteroatoms. The lowest BCUT2D eigenvalue weighted by Crippen LogP contribution is -2.47. The molecule has 0 bridgehead atoms. The number of benzene rings is 1. The summed E-state index contributed by atoms with van der Waals surface area (Å²) in [6.45, 7) is 3.89. The number of nitrogens with one attached hydrogen (secondary N) is 2. The molecule has 0 radical (unpaired) electrons. The molecule has 1 saturated heterocycles. The first-order chi connectivity index (χ1) is 15.7. The van der Waals surface area contributed by atoms with Crippen LogP contribution >= 0.6 is 0 Å². The van der Waals surface area contributed by atoms with Crippen LogP contribution in [0.2, 0.25) is 0 Å². The molecular weight excluding hydrogens is 412 g/mol. The second kappa shape index (κ2) is 8.93. The SMILES string of the molecule is COc1c(OCC2CNCCO2)ccc2c1N=C(NC(=O)c1cccnc1)N1CCN=C21. The minimum Gasteiger partial charge on any atom is -0.491 e. The lowest BCUT2D eigenvalue weighted by atomic mass is 10.1. The van der Waals surface area contributed by atoms with Gasteiger partial charge in [-0.3, -0.25) is 25.0 Å². The summed E-state index contributed by atoms with van der Waals surface area (Å²) >= 11 is 0. The summed E-state index contributed by atoms with van der Waals surface area (Å²) in [5.74, 6) is 1.92. The summed E-state index contributed by atoms with van der Waals surface area (Å²) in [4.78, 5) is 28.0. The van der Waals surface area contributed by atoms with Gasteiger partial charge in [0.05, 0.1) is 25.8 Å². The van der Waals surface area contributed by atoms with Crippen molar-refractivity contribution in [2.24, 2.45) is 9.98 Å². The van der Waals surface area contributed by atoms with E-state index >= 15 is 0 Å². The number of ether oxygens (including phenoxy) is 3. The van der Waals surface area contributed by atoms with Crippen LogP contribution in [0.3, 0.4) is 0 Å². The minimum atomic E-state index is -0.292. The Morgan fingerprint density at radius 3 is 3.09 bits per heavy atom. The largest absolute Gasteiger partial charge is 0.491 e. The van der Waals surface area contributed by atoms with Crippen LogP contribution in [0.25, 0.3) is 0 Å². The molecule has 1 fully saturated rings. The molecule has 1 aromatic heterocycles. The molecule has 10 nitrogen and oxygen atoms in total. The van der Waals surface area contributed by atoms with E-state index in [0.29, 0.717) is 55.0 Å². The van der Waals surface area contributed by atoms with E-state index in [9.17, 15) is 4.79 Å². The average Bonchev–Trinajstić information content (AvgIpc) is 3.34. The Kier molecular flexibility index (Phi) is 5.70. The molecule has 2 N–H and O–H groups in total. The summed E-state index contributed by atoms with van der Waals surface area (Å²) in [5, 5.41) is 6.18. The number of morpholine rings is 1. The molecule has 166 valence electrons. The first-order valence-corrected chi connectivity index (χ1v) is 10.5. The number of nitrogens with zero attached hydrogens (tertiary/aromatic N) is 4. The second-order valence-electron chi connectivity index (χ2n) is 7.49. The third-order valence-corrected chi connectivity index (χ3v) is 5.43. The van der Waals surface area contributed by atoms with Gasteiger partial charge in [-0.1, -0.05) is 0 Å². The average molecular weight is 436 g/mol. The van der Waals surface area contributed by atoms with Crippen molar-refractivity contribution in [3.63, 3.8) is 0 Å². The van der Waals surface area contributed by atoms with E-state index in [1.54, 1.807) is 25.4 Å². The zero-order valence-electron chi connectivity index (χ0n) is 17.7. The van der Waals surface area contributed by atoms with Crippen molar-refractivity contribution in [3.05, 3.63) is 47.8 Å². The summed E-state index contributed by atoms with van der Waals surface area (Å²) < 4.78 is 17.4. The highest BCUT2D eigenvalue weighted by Gasteiger charge is 2.33. The molecule has 0 spiro atoms. The fourth-order valence-corrected chi connectivity index (χ4v) is 3.88. The lowest BCUT2D eigenvalue weighted by Gasteiger charge is -2.29. The standard InChI is InChI=1S/C22H24N6O4/c1-30-19-17(32-13-15-12-24-8-10-31-15)5-4-16-18(19)26-22(28-9-7-25-20(16)28)27-21(29)14-3-2-6-23-11-14/h2-6,11,15,24H,7-10,12-13H2,1H3,(H,26,27,29). The topological polar surface area (TPSA) is 110 Å². The minimum absolute atomic E-state index is 0.0305. The van der Waals surface area contributed by atoms with E-state index in [1.165, 1.54) is 6.20 Å². The molecule has 1 amide bonds. The molecule has 4 heterocycles. The Morgan fingerprint density at radius 1 is 1.38 bits per heavy atom.